The van der Waals surface area contributed by atoms with E-state index in [9.17, 15) is 4.79 Å². The first-order chi connectivity index (χ1) is 12.1. The zero-order valence-electron chi connectivity index (χ0n) is 15.3. The number of piperidine rings is 1. The summed E-state index contributed by atoms with van der Waals surface area (Å²) in [6.07, 6.45) is 3.14. The van der Waals surface area contributed by atoms with E-state index in [2.05, 4.69) is 22.2 Å². The van der Waals surface area contributed by atoms with E-state index in [-0.39, 0.29) is 12.0 Å². The van der Waals surface area contributed by atoms with E-state index < -0.39 is 0 Å². The van der Waals surface area contributed by atoms with Crippen LogP contribution in [0.3, 0.4) is 0 Å². The van der Waals surface area contributed by atoms with Crippen molar-refractivity contribution in [2.45, 2.75) is 52.7 Å². The Hall–Kier alpha value is -2.15. The van der Waals surface area contributed by atoms with Crippen LogP contribution in [0.15, 0.2) is 12.1 Å². The van der Waals surface area contributed by atoms with Crippen molar-refractivity contribution in [2.75, 3.05) is 19.7 Å². The van der Waals surface area contributed by atoms with Gasteiger partial charge in [-0.3, -0.25) is 14.6 Å². The Morgan fingerprint density at radius 2 is 2.24 bits per heavy atom. The molecule has 136 valence electrons. The van der Waals surface area contributed by atoms with Gasteiger partial charge in [-0.15, -0.1) is 0 Å². The summed E-state index contributed by atoms with van der Waals surface area (Å²) >= 11 is 0. The van der Waals surface area contributed by atoms with Gasteiger partial charge < -0.3 is 9.64 Å². The molecule has 25 heavy (non-hydrogen) atoms. The first-order valence-electron chi connectivity index (χ1n) is 9.03. The van der Waals surface area contributed by atoms with Gasteiger partial charge in [-0.05, 0) is 45.2 Å². The molecule has 0 radical (unpaired) electrons. The fourth-order valence-electron chi connectivity index (χ4n) is 3.25. The van der Waals surface area contributed by atoms with Gasteiger partial charge in [0.2, 0.25) is 0 Å². The third-order valence-corrected chi connectivity index (χ3v) is 4.50. The van der Waals surface area contributed by atoms with Crippen LogP contribution in [-0.2, 0) is 11.3 Å². The van der Waals surface area contributed by atoms with Crippen molar-refractivity contribution in [3.63, 3.8) is 0 Å². The highest BCUT2D eigenvalue weighted by Gasteiger charge is 2.26. The number of H-pyrrole nitrogens is 1. The van der Waals surface area contributed by atoms with E-state index in [1.54, 1.807) is 0 Å². The highest BCUT2D eigenvalue weighted by atomic mass is 16.5. The summed E-state index contributed by atoms with van der Waals surface area (Å²) in [5, 5.41) is 11.6. The van der Waals surface area contributed by atoms with Gasteiger partial charge >= 0.3 is 0 Å². The number of likely N-dealkylation sites (tertiary alicyclic amines) is 1. The molecule has 3 rings (SSSR count). The number of carbonyl (C=O) groups excluding carboxylic acids is 1. The molecule has 1 atom stereocenters. The summed E-state index contributed by atoms with van der Waals surface area (Å²) in [4.78, 5) is 14.6. The Bertz CT molecular complexity index is 721. The topological polar surface area (TPSA) is 76.0 Å². The molecule has 0 saturated carbocycles. The van der Waals surface area contributed by atoms with Crippen molar-refractivity contribution in [1.29, 1.82) is 0 Å². The van der Waals surface area contributed by atoms with Crippen molar-refractivity contribution < 1.29 is 9.53 Å². The Kier molecular flexibility index (Phi) is 5.53. The molecule has 1 aliphatic rings. The maximum absolute atomic E-state index is 12.7. The van der Waals surface area contributed by atoms with Crippen molar-refractivity contribution in [1.82, 2.24) is 24.9 Å². The molecular weight excluding hydrogens is 318 g/mol. The fourth-order valence-corrected chi connectivity index (χ4v) is 3.25. The van der Waals surface area contributed by atoms with Gasteiger partial charge in [0.1, 0.15) is 5.69 Å². The summed E-state index contributed by atoms with van der Waals surface area (Å²) in [6.45, 7) is 8.85. The molecule has 3 heterocycles. The van der Waals surface area contributed by atoms with Crippen molar-refractivity contribution in [2.24, 2.45) is 0 Å². The Morgan fingerprint density at radius 3 is 2.96 bits per heavy atom. The standard InChI is InChI=1S/C18H27N5O2/c1-4-8-25-16-6-5-7-22(12-16)18(24)17-10-15(19-20-17)11-23-14(3)9-13(2)21-23/h9-10,16H,4-8,11-12H2,1-3H3,(H,19,20). The number of nitrogens with one attached hydrogen (secondary N) is 1. The minimum absolute atomic E-state index is 0.0272. The third kappa shape index (κ3) is 4.28. The maximum Gasteiger partial charge on any atom is 0.274 e. The highest BCUT2D eigenvalue weighted by Crippen LogP contribution is 2.16. The SMILES string of the molecule is CCCOC1CCCN(C(=O)c2cc(Cn3nc(C)cc3C)[nH]n2)C1. The molecule has 2 aromatic rings. The lowest BCUT2D eigenvalue weighted by molar-refractivity contribution is 0.00192. The van der Waals surface area contributed by atoms with E-state index in [0.717, 1.165) is 49.5 Å². The molecule has 1 aliphatic heterocycles. The van der Waals surface area contributed by atoms with E-state index in [1.165, 1.54) is 0 Å². The number of rotatable bonds is 6. The molecule has 7 heteroatoms. The smallest absolute Gasteiger partial charge is 0.274 e. The second-order valence-corrected chi connectivity index (χ2v) is 6.75. The number of amides is 1. The van der Waals surface area contributed by atoms with Gasteiger partial charge in [-0.25, -0.2) is 0 Å². The first kappa shape index (κ1) is 17.7. The highest BCUT2D eigenvalue weighted by molar-refractivity contribution is 5.92. The number of aromatic amines is 1. The van der Waals surface area contributed by atoms with E-state index in [1.807, 2.05) is 35.6 Å². The number of ether oxygens (including phenoxy) is 1. The molecule has 1 unspecified atom stereocenters. The number of aryl methyl sites for hydroxylation is 2. The maximum atomic E-state index is 12.7. The van der Waals surface area contributed by atoms with Crippen LogP contribution in [0.25, 0.3) is 0 Å². The normalized spacial score (nSPS) is 17.9. The van der Waals surface area contributed by atoms with Crippen LogP contribution >= 0.6 is 0 Å². The molecule has 0 spiro atoms. The van der Waals surface area contributed by atoms with Crippen LogP contribution in [0.1, 0.15) is 53.8 Å². The van der Waals surface area contributed by atoms with Gasteiger partial charge in [0.05, 0.1) is 24.0 Å². The van der Waals surface area contributed by atoms with E-state index >= 15 is 0 Å². The summed E-state index contributed by atoms with van der Waals surface area (Å²) in [5.74, 6) is -0.0272. The first-order valence-corrected chi connectivity index (χ1v) is 9.03. The average molecular weight is 345 g/mol. The Balaban J connectivity index is 1.63. The Labute approximate surface area is 148 Å². The number of hydrogen-bond donors (Lipinski definition) is 1. The van der Waals surface area contributed by atoms with Crippen LogP contribution in [0.2, 0.25) is 0 Å². The van der Waals surface area contributed by atoms with E-state index in [0.29, 0.717) is 18.8 Å². The second-order valence-electron chi connectivity index (χ2n) is 6.75. The van der Waals surface area contributed by atoms with Crippen LogP contribution in [-0.4, -0.2) is 56.6 Å². The molecule has 2 aromatic heterocycles. The van der Waals surface area contributed by atoms with Crippen molar-refractivity contribution >= 4 is 5.91 Å². The molecule has 7 nitrogen and oxygen atoms in total. The lowest BCUT2D eigenvalue weighted by Gasteiger charge is -2.32. The fraction of sp³-hybridized carbons (Fsp3) is 0.611. The number of aromatic nitrogens is 4. The Morgan fingerprint density at radius 1 is 1.40 bits per heavy atom. The molecule has 0 aliphatic carbocycles. The second kappa shape index (κ2) is 7.82. The summed E-state index contributed by atoms with van der Waals surface area (Å²) in [6, 6.07) is 3.86. The summed E-state index contributed by atoms with van der Waals surface area (Å²) in [5.41, 5.74) is 3.42. The molecule has 1 amide bonds. The predicted octanol–water partition coefficient (Wildman–Crippen LogP) is 2.30. The van der Waals surface area contributed by atoms with Crippen LogP contribution in [0, 0.1) is 13.8 Å². The van der Waals surface area contributed by atoms with Gasteiger partial charge in [-0.1, -0.05) is 6.92 Å². The monoisotopic (exact) mass is 345 g/mol. The van der Waals surface area contributed by atoms with Gasteiger partial charge in [-0.2, -0.15) is 10.2 Å². The quantitative estimate of drug-likeness (QED) is 0.871. The molecule has 1 fully saturated rings. The largest absolute Gasteiger partial charge is 0.376 e. The van der Waals surface area contributed by atoms with Crippen LogP contribution in [0.4, 0.5) is 0 Å². The van der Waals surface area contributed by atoms with Gasteiger partial charge in [0.25, 0.3) is 5.91 Å². The summed E-state index contributed by atoms with van der Waals surface area (Å²) in [7, 11) is 0. The van der Waals surface area contributed by atoms with Crippen LogP contribution < -0.4 is 0 Å². The molecule has 0 aromatic carbocycles. The average Bonchev–Trinajstić information content (AvgIpc) is 3.19. The number of hydrogen-bond acceptors (Lipinski definition) is 4. The summed E-state index contributed by atoms with van der Waals surface area (Å²) < 4.78 is 7.72. The minimum Gasteiger partial charge on any atom is -0.376 e. The molecular formula is C18H27N5O2. The minimum atomic E-state index is -0.0272. The zero-order chi connectivity index (χ0) is 17.8. The van der Waals surface area contributed by atoms with Crippen LogP contribution in [0.5, 0.6) is 0 Å². The van der Waals surface area contributed by atoms with Crippen molar-refractivity contribution in [3.05, 3.63) is 34.9 Å². The predicted molar refractivity (Wildman–Crippen MR) is 94.6 cm³/mol. The van der Waals surface area contributed by atoms with Gasteiger partial charge in [0, 0.05) is 25.4 Å². The lowest BCUT2D eigenvalue weighted by Crippen LogP contribution is -2.43. The van der Waals surface area contributed by atoms with Crippen molar-refractivity contribution in [3.8, 4) is 0 Å². The number of nitrogens with zero attached hydrogens (tertiary/aromatic N) is 4. The third-order valence-electron chi connectivity index (χ3n) is 4.50. The molecule has 0 bridgehead atoms. The van der Waals surface area contributed by atoms with Gasteiger partial charge in [0.15, 0.2) is 0 Å². The zero-order valence-corrected chi connectivity index (χ0v) is 15.3. The van der Waals surface area contributed by atoms with E-state index in [4.69, 9.17) is 4.74 Å². The number of carbonyl (C=O) groups is 1. The molecule has 1 saturated heterocycles. The lowest BCUT2D eigenvalue weighted by atomic mass is 10.1. The molecule has 1 N–H and O–H groups in total.